The summed E-state index contributed by atoms with van der Waals surface area (Å²) < 4.78 is 0. The Bertz CT molecular complexity index is 778. The van der Waals surface area contributed by atoms with Crippen LogP contribution in [0.25, 0.3) is 5.70 Å². The molecule has 1 aliphatic heterocycles. The number of fused-ring (bicyclic) bond motifs is 2. The highest BCUT2D eigenvalue weighted by Gasteiger charge is 2.29. The first kappa shape index (κ1) is 17.2. The van der Waals surface area contributed by atoms with Gasteiger partial charge in [-0.2, -0.15) is 0 Å². The average Bonchev–Trinajstić information content (AvgIpc) is 2.59. The van der Waals surface area contributed by atoms with Crippen molar-refractivity contribution in [3.8, 4) is 0 Å². The molecule has 1 amide bonds. The number of rotatable bonds is 3. The molecule has 25 heavy (non-hydrogen) atoms. The lowest BCUT2D eigenvalue weighted by atomic mass is 9.90. The maximum Gasteiger partial charge on any atom is 0.228 e. The van der Waals surface area contributed by atoms with Gasteiger partial charge in [0.05, 0.1) is 17.9 Å². The largest absolute Gasteiger partial charge is 0.396 e. The Morgan fingerprint density at radius 2 is 1.88 bits per heavy atom. The number of anilines is 1. The third-order valence-electron chi connectivity index (χ3n) is 4.49. The zero-order valence-corrected chi connectivity index (χ0v) is 14.1. The van der Waals surface area contributed by atoms with Crippen LogP contribution < -0.4 is 28.1 Å². The molecule has 3 rings (SSSR count). The van der Waals surface area contributed by atoms with Crippen LogP contribution in [0.4, 0.5) is 5.69 Å². The van der Waals surface area contributed by atoms with Gasteiger partial charge in [-0.3, -0.25) is 4.79 Å². The van der Waals surface area contributed by atoms with Gasteiger partial charge in [0.2, 0.25) is 5.91 Å². The monoisotopic (exact) mass is 340 g/mol. The smallest absolute Gasteiger partial charge is 0.228 e. The minimum atomic E-state index is -0.0330. The highest BCUT2D eigenvalue weighted by molar-refractivity contribution is 5.98. The van der Waals surface area contributed by atoms with E-state index < -0.39 is 0 Å². The highest BCUT2D eigenvalue weighted by Crippen LogP contribution is 2.37. The number of carbonyl (C=O) groups excluding carboxylic acids is 1. The average molecular weight is 340 g/mol. The molecule has 2 aliphatic rings. The highest BCUT2D eigenvalue weighted by atomic mass is 16.2. The van der Waals surface area contributed by atoms with E-state index in [-0.39, 0.29) is 12.3 Å². The number of hydrogen-bond acceptors (Lipinski definition) is 6. The number of hydrogen-bond donors (Lipinski definition) is 4. The van der Waals surface area contributed by atoms with E-state index in [2.05, 4.69) is 12.2 Å². The van der Waals surface area contributed by atoms with Gasteiger partial charge in [-0.15, -0.1) is 0 Å². The molecule has 0 unspecified atom stereocenters. The number of carbonyl (C=O) groups is 1. The summed E-state index contributed by atoms with van der Waals surface area (Å²) in [6.45, 7) is 0.738. The van der Waals surface area contributed by atoms with Crippen LogP contribution in [0.3, 0.4) is 0 Å². The molecule has 1 aliphatic carbocycles. The fraction of sp³-hybridized carbons (Fsp3) is 0.278. The molecule has 8 N–H and O–H groups in total. The maximum absolute atomic E-state index is 12.7. The van der Waals surface area contributed by atoms with E-state index in [4.69, 9.17) is 23.2 Å². The first-order chi connectivity index (χ1) is 12.0. The number of hydrazine groups is 2. The van der Waals surface area contributed by atoms with Gasteiger partial charge < -0.3 is 16.4 Å². The van der Waals surface area contributed by atoms with Crippen molar-refractivity contribution >= 4 is 17.3 Å². The third kappa shape index (κ3) is 3.17. The summed E-state index contributed by atoms with van der Waals surface area (Å²) in [5.41, 5.74) is 16.4. The Labute approximate surface area is 147 Å². The molecular formula is C18H24N6O. The zero-order valence-electron chi connectivity index (χ0n) is 14.1. The second-order valence-corrected chi connectivity index (χ2v) is 6.13. The lowest BCUT2D eigenvalue weighted by molar-refractivity contribution is -0.118. The molecule has 132 valence electrons. The van der Waals surface area contributed by atoms with Crippen molar-refractivity contribution < 1.29 is 4.79 Å². The van der Waals surface area contributed by atoms with Crippen molar-refractivity contribution in [2.24, 2.45) is 23.2 Å². The maximum atomic E-state index is 12.7. The standard InChI is InChI=1S/C18H24N6O/c19-10-9-16(25)23-11-12-5-1-2-6-13(12)18(24(21)22)17(20)14-7-3-4-8-15(14)23/h3-8H,1-2,9-11,19-22H2/b18-17-. The number of nitrogens with two attached hydrogens (primary N) is 4. The van der Waals surface area contributed by atoms with E-state index in [9.17, 15) is 4.79 Å². The van der Waals surface area contributed by atoms with Gasteiger partial charge in [-0.05, 0) is 24.5 Å². The van der Waals surface area contributed by atoms with E-state index in [0.29, 0.717) is 24.5 Å². The molecule has 7 nitrogen and oxygen atoms in total. The first-order valence-corrected chi connectivity index (χ1v) is 8.33. The molecule has 0 saturated heterocycles. The minimum absolute atomic E-state index is 0.0330. The molecule has 0 radical (unpaired) electrons. The summed E-state index contributed by atoms with van der Waals surface area (Å²) in [4.78, 5) is 14.4. The van der Waals surface area contributed by atoms with Crippen LogP contribution in [0.15, 0.2) is 53.3 Å². The number of allylic oxidation sites excluding steroid dienone is 3. The quantitative estimate of drug-likeness (QED) is 0.474. The van der Waals surface area contributed by atoms with Gasteiger partial charge in [0.1, 0.15) is 5.70 Å². The lowest BCUT2D eigenvalue weighted by Gasteiger charge is -2.33. The summed E-state index contributed by atoms with van der Waals surface area (Å²) >= 11 is 0. The third-order valence-corrected chi connectivity index (χ3v) is 4.49. The molecule has 0 spiro atoms. The van der Waals surface area contributed by atoms with Gasteiger partial charge >= 0.3 is 0 Å². The molecular weight excluding hydrogens is 316 g/mol. The minimum Gasteiger partial charge on any atom is -0.396 e. The number of amides is 1. The van der Waals surface area contributed by atoms with Crippen molar-refractivity contribution in [2.75, 3.05) is 18.0 Å². The molecule has 1 heterocycles. The molecule has 0 atom stereocenters. The van der Waals surface area contributed by atoms with Crippen LogP contribution in [0, 0.1) is 0 Å². The van der Waals surface area contributed by atoms with Crippen molar-refractivity contribution in [1.29, 1.82) is 0 Å². The zero-order chi connectivity index (χ0) is 18.0. The Kier molecular flexibility index (Phi) is 4.89. The molecule has 0 aromatic heterocycles. The summed E-state index contributed by atoms with van der Waals surface area (Å²) in [6.07, 6.45) is 6.24. The first-order valence-electron chi connectivity index (χ1n) is 8.33. The van der Waals surface area contributed by atoms with Gasteiger partial charge in [0.15, 0.2) is 0 Å². The Morgan fingerprint density at radius 1 is 1.16 bits per heavy atom. The van der Waals surface area contributed by atoms with E-state index in [1.807, 2.05) is 24.3 Å². The molecule has 1 aromatic carbocycles. The van der Waals surface area contributed by atoms with Crippen LogP contribution in [-0.2, 0) is 4.79 Å². The Hall–Kier alpha value is -2.61. The SMILES string of the molecule is NCCC(=O)N1CC2=CCCC=C2/C(N(N)N)=C(/N)c2ccccc21. The van der Waals surface area contributed by atoms with Crippen molar-refractivity contribution in [2.45, 2.75) is 19.3 Å². The van der Waals surface area contributed by atoms with Gasteiger partial charge in [0, 0.05) is 24.1 Å². The van der Waals surface area contributed by atoms with Crippen LogP contribution in [0.1, 0.15) is 24.8 Å². The molecule has 0 saturated carbocycles. The fourth-order valence-corrected chi connectivity index (χ4v) is 3.35. The van der Waals surface area contributed by atoms with Crippen LogP contribution in [-0.4, -0.2) is 24.1 Å². The summed E-state index contributed by atoms with van der Waals surface area (Å²) in [7, 11) is 0. The molecule has 0 bridgehead atoms. The summed E-state index contributed by atoms with van der Waals surface area (Å²) in [5, 5.41) is 1.06. The molecule has 1 aromatic rings. The second-order valence-electron chi connectivity index (χ2n) is 6.13. The van der Waals surface area contributed by atoms with E-state index in [1.165, 1.54) is 0 Å². The predicted octanol–water partition coefficient (Wildman–Crippen LogP) is 0.705. The number of benzene rings is 1. The van der Waals surface area contributed by atoms with Crippen LogP contribution in [0.2, 0.25) is 0 Å². The number of para-hydroxylation sites is 1. The second kappa shape index (κ2) is 7.10. The lowest BCUT2D eigenvalue weighted by Crippen LogP contribution is -2.42. The predicted molar refractivity (Wildman–Crippen MR) is 99.2 cm³/mol. The number of nitrogens with zero attached hydrogens (tertiary/aromatic N) is 2. The summed E-state index contributed by atoms with van der Waals surface area (Å²) in [5.74, 6) is 11.8. The van der Waals surface area contributed by atoms with Gasteiger partial charge in [-0.25, -0.2) is 16.8 Å². The van der Waals surface area contributed by atoms with E-state index in [0.717, 1.165) is 40.4 Å². The van der Waals surface area contributed by atoms with Gasteiger partial charge in [0.25, 0.3) is 0 Å². The van der Waals surface area contributed by atoms with E-state index in [1.54, 1.807) is 4.90 Å². The van der Waals surface area contributed by atoms with Crippen molar-refractivity contribution in [3.63, 3.8) is 0 Å². The van der Waals surface area contributed by atoms with E-state index >= 15 is 0 Å². The van der Waals surface area contributed by atoms with Crippen molar-refractivity contribution in [3.05, 3.63) is 58.8 Å². The van der Waals surface area contributed by atoms with Gasteiger partial charge in [-0.1, -0.05) is 30.4 Å². The van der Waals surface area contributed by atoms with Crippen LogP contribution >= 0.6 is 0 Å². The fourth-order valence-electron chi connectivity index (χ4n) is 3.35. The molecule has 7 heteroatoms. The normalized spacial score (nSPS) is 19.9. The van der Waals surface area contributed by atoms with Crippen molar-refractivity contribution in [1.82, 2.24) is 5.12 Å². The molecule has 0 fully saturated rings. The Morgan fingerprint density at radius 3 is 2.60 bits per heavy atom. The topological polar surface area (TPSA) is 128 Å². The van der Waals surface area contributed by atoms with Crippen LogP contribution in [0.5, 0.6) is 0 Å². The Balaban J connectivity index is 2.25. The summed E-state index contributed by atoms with van der Waals surface area (Å²) in [6, 6.07) is 7.50.